The number of aryl methyl sites for hydroxylation is 1. The Morgan fingerprint density at radius 3 is 2.26 bits per heavy atom. The van der Waals surface area contributed by atoms with E-state index in [2.05, 4.69) is 11.0 Å². The first-order valence-corrected chi connectivity index (χ1v) is 9.83. The van der Waals surface area contributed by atoms with Crippen LogP contribution in [0.4, 0.5) is 5.69 Å². The van der Waals surface area contributed by atoms with Crippen LogP contribution in [0.15, 0.2) is 70.5 Å². The van der Waals surface area contributed by atoms with Crippen molar-refractivity contribution in [2.45, 2.75) is 18.2 Å². The highest BCUT2D eigenvalue weighted by Gasteiger charge is 2.20. The summed E-state index contributed by atoms with van der Waals surface area (Å²) in [5.41, 5.74) is 1.70. The summed E-state index contributed by atoms with van der Waals surface area (Å²) in [6.45, 7) is 6.08. The summed E-state index contributed by atoms with van der Waals surface area (Å²) >= 11 is 0. The molecule has 0 aromatic heterocycles. The molecule has 144 valence electrons. The molecule has 27 heavy (non-hydrogen) atoms. The van der Waals surface area contributed by atoms with E-state index in [-0.39, 0.29) is 10.9 Å². The molecule has 0 heterocycles. The molecule has 0 saturated heterocycles. The summed E-state index contributed by atoms with van der Waals surface area (Å²) in [5.74, 6) is 0.700. The summed E-state index contributed by atoms with van der Waals surface area (Å²) < 4.78 is 39.8. The van der Waals surface area contributed by atoms with Crippen molar-refractivity contribution in [2.24, 2.45) is 4.40 Å². The molecular formula is C20H24N2O4S. The Morgan fingerprint density at radius 1 is 1.11 bits per heavy atom. The number of anilines is 1. The number of sulfonamides is 1. The molecule has 0 radical (unpaired) electrons. The Balaban J connectivity index is 2.44. The van der Waals surface area contributed by atoms with Crippen LogP contribution < -0.4 is 9.64 Å². The number of methoxy groups -OCH3 is 2. The van der Waals surface area contributed by atoms with E-state index in [1.165, 1.54) is 19.2 Å². The Kier molecular flexibility index (Phi) is 7.01. The molecular weight excluding hydrogens is 364 g/mol. The number of benzene rings is 2. The van der Waals surface area contributed by atoms with Gasteiger partial charge in [0, 0.05) is 12.2 Å². The first-order valence-electron chi connectivity index (χ1n) is 8.39. The first kappa shape index (κ1) is 20.5. The third-order valence-corrected chi connectivity index (χ3v) is 5.14. The molecule has 0 unspecified atom stereocenters. The van der Waals surface area contributed by atoms with Gasteiger partial charge >= 0.3 is 6.02 Å². The van der Waals surface area contributed by atoms with Gasteiger partial charge in [-0.3, -0.25) is 4.90 Å². The van der Waals surface area contributed by atoms with Gasteiger partial charge in [-0.25, -0.2) is 0 Å². The molecule has 2 rings (SSSR count). The van der Waals surface area contributed by atoms with Gasteiger partial charge in [0.15, 0.2) is 0 Å². The van der Waals surface area contributed by atoms with Gasteiger partial charge in [0.1, 0.15) is 5.75 Å². The topological polar surface area (TPSA) is 68.2 Å². The van der Waals surface area contributed by atoms with Crippen LogP contribution in [0.3, 0.4) is 0 Å². The molecule has 0 saturated carbocycles. The van der Waals surface area contributed by atoms with E-state index in [0.29, 0.717) is 18.7 Å². The van der Waals surface area contributed by atoms with E-state index in [4.69, 9.17) is 9.47 Å². The number of ether oxygens (including phenoxy) is 2. The molecule has 0 fully saturated rings. The fourth-order valence-electron chi connectivity index (χ4n) is 2.38. The molecule has 0 aliphatic carbocycles. The van der Waals surface area contributed by atoms with Crippen molar-refractivity contribution in [1.82, 2.24) is 0 Å². The molecule has 0 bridgehead atoms. The van der Waals surface area contributed by atoms with Crippen molar-refractivity contribution in [3.63, 3.8) is 0 Å². The lowest BCUT2D eigenvalue weighted by atomic mass is 10.2. The zero-order chi connectivity index (χ0) is 19.9. The third-order valence-electron chi connectivity index (χ3n) is 3.87. The zero-order valence-corrected chi connectivity index (χ0v) is 16.6. The summed E-state index contributed by atoms with van der Waals surface area (Å²) in [5, 5.41) is 0. The van der Waals surface area contributed by atoms with Gasteiger partial charge in [0.05, 0.1) is 19.1 Å². The van der Waals surface area contributed by atoms with Crippen molar-refractivity contribution in [2.75, 3.05) is 25.7 Å². The summed E-state index contributed by atoms with van der Waals surface area (Å²) in [7, 11) is -0.928. The minimum absolute atomic E-state index is 0.0115. The van der Waals surface area contributed by atoms with E-state index < -0.39 is 10.0 Å². The van der Waals surface area contributed by atoms with Crippen LogP contribution in [-0.2, 0) is 14.8 Å². The highest BCUT2D eigenvalue weighted by atomic mass is 32.2. The summed E-state index contributed by atoms with van der Waals surface area (Å²) in [6.07, 6.45) is 2.37. The van der Waals surface area contributed by atoms with E-state index in [9.17, 15) is 8.42 Å². The average molecular weight is 388 g/mol. The van der Waals surface area contributed by atoms with Crippen molar-refractivity contribution in [3.8, 4) is 5.75 Å². The van der Waals surface area contributed by atoms with Crippen molar-refractivity contribution in [3.05, 3.63) is 66.7 Å². The quantitative estimate of drug-likeness (QED) is 0.410. The lowest BCUT2D eigenvalue weighted by molar-refractivity contribution is 0.391. The van der Waals surface area contributed by atoms with Crippen molar-refractivity contribution < 1.29 is 17.9 Å². The van der Waals surface area contributed by atoms with Gasteiger partial charge < -0.3 is 9.47 Å². The van der Waals surface area contributed by atoms with Crippen molar-refractivity contribution >= 4 is 21.7 Å². The SMILES string of the molecule is C=CCCN(/C(=N/S(=O)(=O)c1ccc(C)cc1)OC)c1ccc(OC)cc1. The lowest BCUT2D eigenvalue weighted by Gasteiger charge is -2.24. The van der Waals surface area contributed by atoms with Crippen LogP contribution >= 0.6 is 0 Å². The highest BCUT2D eigenvalue weighted by molar-refractivity contribution is 7.90. The third kappa shape index (κ3) is 5.34. The second kappa shape index (κ2) is 9.23. The number of hydrogen-bond donors (Lipinski definition) is 0. The van der Waals surface area contributed by atoms with E-state index in [0.717, 1.165) is 11.3 Å². The average Bonchev–Trinajstić information content (AvgIpc) is 2.68. The molecule has 6 nitrogen and oxygen atoms in total. The maximum atomic E-state index is 12.7. The highest BCUT2D eigenvalue weighted by Crippen LogP contribution is 2.22. The van der Waals surface area contributed by atoms with E-state index >= 15 is 0 Å². The second-order valence-electron chi connectivity index (χ2n) is 5.79. The van der Waals surface area contributed by atoms with Crippen LogP contribution in [0, 0.1) is 6.92 Å². The Hall–Kier alpha value is -2.80. The minimum Gasteiger partial charge on any atom is -0.497 e. The lowest BCUT2D eigenvalue weighted by Crippen LogP contribution is -2.33. The molecule has 0 aliphatic rings. The van der Waals surface area contributed by atoms with Crippen LogP contribution in [0.2, 0.25) is 0 Å². The van der Waals surface area contributed by atoms with Gasteiger partial charge in [-0.15, -0.1) is 11.0 Å². The normalized spacial score (nSPS) is 11.7. The van der Waals surface area contributed by atoms with E-state index in [1.54, 1.807) is 42.4 Å². The molecule has 0 N–H and O–H groups in total. The van der Waals surface area contributed by atoms with Crippen LogP contribution in [-0.4, -0.2) is 35.2 Å². The van der Waals surface area contributed by atoms with Gasteiger partial charge in [0.2, 0.25) is 0 Å². The summed E-state index contributed by atoms with van der Waals surface area (Å²) in [4.78, 5) is 1.80. The second-order valence-corrected chi connectivity index (χ2v) is 7.40. The first-order chi connectivity index (χ1) is 12.9. The number of hydrogen-bond acceptors (Lipinski definition) is 4. The Bertz CT molecular complexity index is 889. The van der Waals surface area contributed by atoms with Gasteiger partial charge in [-0.05, 0) is 49.7 Å². The fraction of sp³-hybridized carbons (Fsp3) is 0.250. The van der Waals surface area contributed by atoms with Crippen molar-refractivity contribution in [1.29, 1.82) is 0 Å². The van der Waals surface area contributed by atoms with Gasteiger partial charge in [-0.1, -0.05) is 23.8 Å². The van der Waals surface area contributed by atoms with Crippen LogP contribution in [0.25, 0.3) is 0 Å². The molecule has 0 spiro atoms. The molecule has 7 heteroatoms. The minimum atomic E-state index is -3.91. The number of rotatable bonds is 7. The standard InChI is InChI=1S/C20H24N2O4S/c1-5-6-15-22(17-9-11-18(25-3)12-10-17)20(26-4)21-27(23,24)19-13-7-16(2)8-14-19/h5,7-14H,1,6,15H2,2-4H3/b21-20-. The predicted octanol–water partition coefficient (Wildman–Crippen LogP) is 3.78. The van der Waals surface area contributed by atoms with E-state index in [1.807, 2.05) is 19.1 Å². The zero-order valence-electron chi connectivity index (χ0n) is 15.8. The largest absolute Gasteiger partial charge is 0.497 e. The summed E-state index contributed by atoms with van der Waals surface area (Å²) in [6, 6.07) is 13.7. The van der Waals surface area contributed by atoms with Gasteiger partial charge in [0.25, 0.3) is 10.0 Å². The molecule has 2 aromatic carbocycles. The van der Waals surface area contributed by atoms with Crippen LogP contribution in [0.5, 0.6) is 5.75 Å². The molecule has 2 aromatic rings. The maximum Gasteiger partial charge on any atom is 0.307 e. The molecule has 0 amide bonds. The van der Waals surface area contributed by atoms with Gasteiger partial charge in [-0.2, -0.15) is 8.42 Å². The number of nitrogens with zero attached hydrogens (tertiary/aromatic N) is 2. The monoisotopic (exact) mass is 388 g/mol. The Morgan fingerprint density at radius 2 is 1.74 bits per heavy atom. The molecule has 0 aliphatic heterocycles. The fourth-order valence-corrected chi connectivity index (χ4v) is 3.34. The maximum absolute atomic E-state index is 12.7. The Labute approximate surface area is 160 Å². The van der Waals surface area contributed by atoms with Crippen LogP contribution in [0.1, 0.15) is 12.0 Å². The number of amidine groups is 1. The smallest absolute Gasteiger partial charge is 0.307 e. The predicted molar refractivity (Wildman–Crippen MR) is 108 cm³/mol. The molecule has 0 atom stereocenters.